The molecule has 0 N–H and O–H groups in total. The summed E-state index contributed by atoms with van der Waals surface area (Å²) < 4.78 is 25.7. The number of nitrogens with zero attached hydrogens (tertiary/aromatic N) is 2. The summed E-state index contributed by atoms with van der Waals surface area (Å²) in [6.45, 7) is 6.07. The van der Waals surface area contributed by atoms with Crippen LogP contribution in [0.15, 0.2) is 42.6 Å². The SMILES string of the molecule is CCc1cc(C)c(Oc2ccnc3ccc(C(=O)N4CCOCC4)cc23)cc1F. The molecule has 1 saturated heterocycles. The first kappa shape index (κ1) is 19.3. The highest BCUT2D eigenvalue weighted by Crippen LogP contribution is 2.32. The zero-order valence-corrected chi connectivity index (χ0v) is 16.6. The van der Waals surface area contributed by atoms with Crippen molar-refractivity contribution in [2.45, 2.75) is 20.3 Å². The van der Waals surface area contributed by atoms with Gasteiger partial charge in [0.05, 0.1) is 18.7 Å². The normalized spacial score (nSPS) is 14.2. The van der Waals surface area contributed by atoms with Crippen molar-refractivity contribution in [3.05, 3.63) is 65.1 Å². The molecule has 0 atom stereocenters. The van der Waals surface area contributed by atoms with E-state index in [0.29, 0.717) is 66.3 Å². The Morgan fingerprint density at radius 1 is 1.17 bits per heavy atom. The summed E-state index contributed by atoms with van der Waals surface area (Å²) in [7, 11) is 0. The highest BCUT2D eigenvalue weighted by Gasteiger charge is 2.19. The number of carbonyl (C=O) groups is 1. The fourth-order valence-electron chi connectivity index (χ4n) is 3.51. The average molecular weight is 394 g/mol. The Balaban J connectivity index is 1.70. The van der Waals surface area contributed by atoms with E-state index in [1.807, 2.05) is 19.9 Å². The van der Waals surface area contributed by atoms with E-state index in [2.05, 4.69) is 4.98 Å². The van der Waals surface area contributed by atoms with Crippen molar-refractivity contribution in [1.29, 1.82) is 0 Å². The zero-order valence-electron chi connectivity index (χ0n) is 16.6. The summed E-state index contributed by atoms with van der Waals surface area (Å²) >= 11 is 0. The lowest BCUT2D eigenvalue weighted by atomic mass is 10.1. The van der Waals surface area contributed by atoms with Crippen LogP contribution in [0.4, 0.5) is 4.39 Å². The minimum Gasteiger partial charge on any atom is -0.456 e. The summed E-state index contributed by atoms with van der Waals surface area (Å²) in [5.74, 6) is 0.671. The fourth-order valence-corrected chi connectivity index (χ4v) is 3.51. The van der Waals surface area contributed by atoms with Crippen LogP contribution in [-0.4, -0.2) is 42.1 Å². The van der Waals surface area contributed by atoms with Gasteiger partial charge >= 0.3 is 0 Å². The highest BCUT2D eigenvalue weighted by molar-refractivity contribution is 5.99. The molecule has 0 radical (unpaired) electrons. The Kier molecular flexibility index (Phi) is 5.45. The second-order valence-electron chi connectivity index (χ2n) is 7.11. The van der Waals surface area contributed by atoms with Crippen molar-refractivity contribution in [1.82, 2.24) is 9.88 Å². The van der Waals surface area contributed by atoms with Crippen LogP contribution in [0.1, 0.15) is 28.4 Å². The van der Waals surface area contributed by atoms with Gasteiger partial charge in [0.25, 0.3) is 5.91 Å². The number of ether oxygens (including phenoxy) is 2. The molecule has 6 heteroatoms. The third-order valence-corrected chi connectivity index (χ3v) is 5.19. The number of amides is 1. The molecule has 150 valence electrons. The lowest BCUT2D eigenvalue weighted by Gasteiger charge is -2.27. The number of benzene rings is 2. The number of halogens is 1. The average Bonchev–Trinajstić information content (AvgIpc) is 2.76. The van der Waals surface area contributed by atoms with E-state index in [1.165, 1.54) is 6.07 Å². The predicted octanol–water partition coefficient (Wildman–Crippen LogP) is 4.51. The van der Waals surface area contributed by atoms with E-state index in [1.54, 1.807) is 35.4 Å². The first-order valence-electron chi connectivity index (χ1n) is 9.79. The van der Waals surface area contributed by atoms with Crippen molar-refractivity contribution >= 4 is 16.8 Å². The molecule has 3 aromatic rings. The fraction of sp³-hybridized carbons (Fsp3) is 0.304. The third-order valence-electron chi connectivity index (χ3n) is 5.19. The summed E-state index contributed by atoms with van der Waals surface area (Å²) in [4.78, 5) is 19.0. The van der Waals surface area contributed by atoms with Gasteiger partial charge in [-0.2, -0.15) is 0 Å². The molecule has 2 heterocycles. The minimum absolute atomic E-state index is 0.0421. The van der Waals surface area contributed by atoms with Crippen LogP contribution < -0.4 is 4.74 Å². The van der Waals surface area contributed by atoms with Crippen molar-refractivity contribution in [3.63, 3.8) is 0 Å². The van der Waals surface area contributed by atoms with E-state index < -0.39 is 0 Å². The van der Waals surface area contributed by atoms with Gasteiger partial charge in [0.1, 0.15) is 17.3 Å². The smallest absolute Gasteiger partial charge is 0.254 e. The van der Waals surface area contributed by atoms with E-state index >= 15 is 0 Å². The van der Waals surface area contributed by atoms with Crippen LogP contribution in [0.5, 0.6) is 11.5 Å². The largest absolute Gasteiger partial charge is 0.456 e. The lowest BCUT2D eigenvalue weighted by molar-refractivity contribution is 0.0303. The molecule has 5 nitrogen and oxygen atoms in total. The van der Waals surface area contributed by atoms with Crippen LogP contribution in [0.2, 0.25) is 0 Å². The van der Waals surface area contributed by atoms with Gasteiger partial charge in [-0.25, -0.2) is 4.39 Å². The first-order chi connectivity index (χ1) is 14.1. The monoisotopic (exact) mass is 394 g/mol. The molecule has 0 bridgehead atoms. The Bertz CT molecular complexity index is 1060. The topological polar surface area (TPSA) is 51.7 Å². The van der Waals surface area contributed by atoms with Crippen LogP contribution in [0.25, 0.3) is 10.9 Å². The van der Waals surface area contributed by atoms with Gasteiger partial charge in [0.15, 0.2) is 0 Å². The number of fused-ring (bicyclic) bond motifs is 1. The lowest BCUT2D eigenvalue weighted by Crippen LogP contribution is -2.40. The number of aromatic nitrogens is 1. The van der Waals surface area contributed by atoms with Crippen molar-refractivity contribution in [2.75, 3.05) is 26.3 Å². The van der Waals surface area contributed by atoms with Gasteiger partial charge in [-0.1, -0.05) is 6.92 Å². The van der Waals surface area contributed by atoms with Gasteiger partial charge in [-0.3, -0.25) is 9.78 Å². The van der Waals surface area contributed by atoms with Crippen LogP contribution in [0, 0.1) is 12.7 Å². The van der Waals surface area contributed by atoms with Gasteiger partial charge in [-0.15, -0.1) is 0 Å². The predicted molar refractivity (Wildman–Crippen MR) is 109 cm³/mol. The first-order valence-corrected chi connectivity index (χ1v) is 9.79. The zero-order chi connectivity index (χ0) is 20.4. The summed E-state index contributed by atoms with van der Waals surface area (Å²) in [6.07, 6.45) is 2.27. The van der Waals surface area contributed by atoms with Crippen molar-refractivity contribution < 1.29 is 18.7 Å². The van der Waals surface area contributed by atoms with Gasteiger partial charge in [0, 0.05) is 36.3 Å². The van der Waals surface area contributed by atoms with Crippen LogP contribution in [-0.2, 0) is 11.2 Å². The number of pyridine rings is 1. The second-order valence-corrected chi connectivity index (χ2v) is 7.11. The molecule has 0 aliphatic carbocycles. The van der Waals surface area contributed by atoms with E-state index in [0.717, 1.165) is 5.56 Å². The van der Waals surface area contributed by atoms with E-state index in [9.17, 15) is 9.18 Å². The van der Waals surface area contributed by atoms with Gasteiger partial charge < -0.3 is 14.4 Å². The second kappa shape index (κ2) is 8.17. The molecule has 4 rings (SSSR count). The molecule has 1 aliphatic rings. The Hall–Kier alpha value is -2.99. The molecule has 2 aromatic carbocycles. The molecular weight excluding hydrogens is 371 g/mol. The molecule has 1 amide bonds. The number of rotatable bonds is 4. The molecular formula is C23H23FN2O3. The molecule has 1 aromatic heterocycles. The third kappa shape index (κ3) is 3.93. The van der Waals surface area contributed by atoms with E-state index in [4.69, 9.17) is 9.47 Å². The number of carbonyl (C=O) groups excluding carboxylic acids is 1. The van der Waals surface area contributed by atoms with E-state index in [-0.39, 0.29) is 11.7 Å². The highest BCUT2D eigenvalue weighted by atomic mass is 19.1. The maximum atomic E-state index is 14.3. The Morgan fingerprint density at radius 3 is 2.72 bits per heavy atom. The summed E-state index contributed by atoms with van der Waals surface area (Å²) in [6, 6.07) is 10.3. The van der Waals surface area contributed by atoms with Gasteiger partial charge in [0.2, 0.25) is 0 Å². The summed E-state index contributed by atoms with van der Waals surface area (Å²) in [5, 5.41) is 0.714. The number of aryl methyl sites for hydroxylation is 2. The van der Waals surface area contributed by atoms with Crippen molar-refractivity contribution in [2.24, 2.45) is 0 Å². The molecule has 1 aliphatic heterocycles. The minimum atomic E-state index is -0.283. The van der Waals surface area contributed by atoms with Gasteiger partial charge in [-0.05, 0) is 54.8 Å². The maximum Gasteiger partial charge on any atom is 0.254 e. The molecule has 0 unspecified atom stereocenters. The molecule has 0 saturated carbocycles. The summed E-state index contributed by atoms with van der Waals surface area (Å²) in [5.41, 5.74) is 2.80. The van der Waals surface area contributed by atoms with Crippen LogP contribution >= 0.6 is 0 Å². The van der Waals surface area contributed by atoms with Crippen LogP contribution in [0.3, 0.4) is 0 Å². The Labute approximate surface area is 169 Å². The quantitative estimate of drug-likeness (QED) is 0.653. The van der Waals surface area contributed by atoms with Crippen molar-refractivity contribution in [3.8, 4) is 11.5 Å². The number of hydrogen-bond acceptors (Lipinski definition) is 4. The standard InChI is InChI=1S/C23H23FN2O3/c1-3-16-12-15(2)22(14-19(16)24)29-21-6-7-25-20-5-4-17(13-18(20)21)23(27)26-8-10-28-11-9-26/h4-7,12-14H,3,8-11H2,1-2H3. The number of morpholine rings is 1. The molecule has 29 heavy (non-hydrogen) atoms. The Morgan fingerprint density at radius 2 is 1.97 bits per heavy atom. The molecule has 0 spiro atoms. The molecule has 1 fully saturated rings. The number of hydrogen-bond donors (Lipinski definition) is 0. The maximum absolute atomic E-state index is 14.3.